The van der Waals surface area contributed by atoms with Crippen LogP contribution in [-0.2, 0) is 0 Å². The van der Waals surface area contributed by atoms with Crippen LogP contribution >= 0.6 is 0 Å². The molecule has 0 radical (unpaired) electrons. The fourth-order valence-corrected chi connectivity index (χ4v) is 4.81. The fourth-order valence-electron chi connectivity index (χ4n) is 4.81. The normalized spacial score (nSPS) is 20.6. The van der Waals surface area contributed by atoms with Gasteiger partial charge in [0.2, 0.25) is 0 Å². The van der Waals surface area contributed by atoms with Gasteiger partial charge in [-0.25, -0.2) is 0 Å². The molecule has 3 aromatic rings. The summed E-state index contributed by atoms with van der Waals surface area (Å²) in [4.78, 5) is 26.1. The van der Waals surface area contributed by atoms with Crippen molar-refractivity contribution < 1.29 is 14.6 Å². The van der Waals surface area contributed by atoms with Gasteiger partial charge in [-0.2, -0.15) is 5.10 Å². The highest BCUT2D eigenvalue weighted by molar-refractivity contribution is 6.08. The first-order valence-corrected chi connectivity index (χ1v) is 12.3. The van der Waals surface area contributed by atoms with Crippen molar-refractivity contribution in [3.8, 4) is 5.75 Å². The number of anilines is 1. The van der Waals surface area contributed by atoms with E-state index in [0.717, 1.165) is 49.4 Å². The monoisotopic (exact) mass is 464 g/mol. The van der Waals surface area contributed by atoms with Gasteiger partial charge < -0.3 is 19.7 Å². The lowest BCUT2D eigenvalue weighted by Gasteiger charge is -2.27. The molecule has 8 nitrogen and oxygen atoms in total. The number of fused-ring (bicyclic) bond motifs is 1. The van der Waals surface area contributed by atoms with Gasteiger partial charge in [0.1, 0.15) is 11.4 Å². The minimum atomic E-state index is -0.376. The van der Waals surface area contributed by atoms with Crippen molar-refractivity contribution in [2.75, 3.05) is 11.9 Å². The summed E-state index contributed by atoms with van der Waals surface area (Å²) >= 11 is 0. The molecule has 0 aliphatic heterocycles. The van der Waals surface area contributed by atoms with Gasteiger partial charge in [0.05, 0.1) is 23.2 Å². The van der Waals surface area contributed by atoms with Crippen LogP contribution in [-0.4, -0.2) is 38.1 Å². The SMILES string of the molecule is CC(C)Oc1cc2nn(C3CCC(CO)CC3)cc2cc1C(=O)Nc1cccn(C2CC2)c1=O. The second-order valence-corrected chi connectivity index (χ2v) is 9.86. The third-order valence-electron chi connectivity index (χ3n) is 6.84. The van der Waals surface area contributed by atoms with Gasteiger partial charge in [-0.05, 0) is 76.5 Å². The van der Waals surface area contributed by atoms with Gasteiger partial charge in [-0.1, -0.05) is 0 Å². The minimum Gasteiger partial charge on any atom is -0.490 e. The lowest BCUT2D eigenvalue weighted by atomic mass is 9.87. The predicted molar refractivity (Wildman–Crippen MR) is 131 cm³/mol. The Bertz CT molecular complexity index is 1250. The van der Waals surface area contributed by atoms with E-state index in [-0.39, 0.29) is 41.9 Å². The number of aromatic nitrogens is 3. The number of carbonyl (C=O) groups excluding carboxylic acids is 1. The second kappa shape index (κ2) is 9.25. The quantitative estimate of drug-likeness (QED) is 0.543. The van der Waals surface area contributed by atoms with Crippen LogP contribution in [0.5, 0.6) is 5.75 Å². The molecule has 2 aliphatic rings. The Morgan fingerprint density at radius 2 is 1.91 bits per heavy atom. The first kappa shape index (κ1) is 22.7. The molecule has 2 fully saturated rings. The van der Waals surface area contributed by atoms with E-state index in [4.69, 9.17) is 9.84 Å². The zero-order valence-electron chi connectivity index (χ0n) is 19.7. The van der Waals surface area contributed by atoms with Crippen LogP contribution in [0.25, 0.3) is 10.9 Å². The average Bonchev–Trinajstić information content (AvgIpc) is 3.58. The lowest BCUT2D eigenvalue weighted by Crippen LogP contribution is -2.25. The number of amides is 1. The zero-order valence-corrected chi connectivity index (χ0v) is 19.7. The molecular formula is C26H32N4O4. The van der Waals surface area contributed by atoms with Crippen LogP contribution in [0.1, 0.15) is 74.8 Å². The first-order chi connectivity index (χ1) is 16.4. The van der Waals surface area contributed by atoms with Gasteiger partial charge in [0, 0.05) is 36.5 Å². The minimum absolute atomic E-state index is 0.122. The highest BCUT2D eigenvalue weighted by Crippen LogP contribution is 2.35. The largest absolute Gasteiger partial charge is 0.490 e. The van der Waals surface area contributed by atoms with Gasteiger partial charge in [0.15, 0.2) is 0 Å². The number of benzene rings is 1. The molecule has 2 aliphatic carbocycles. The van der Waals surface area contributed by atoms with Gasteiger partial charge in [0.25, 0.3) is 11.5 Å². The first-order valence-electron chi connectivity index (χ1n) is 12.3. The number of pyridine rings is 1. The van der Waals surface area contributed by atoms with E-state index in [2.05, 4.69) is 5.32 Å². The van der Waals surface area contributed by atoms with Gasteiger partial charge in [-0.15, -0.1) is 0 Å². The smallest absolute Gasteiger partial charge is 0.274 e. The lowest BCUT2D eigenvalue weighted by molar-refractivity contribution is 0.102. The molecule has 0 atom stereocenters. The average molecular weight is 465 g/mol. The van der Waals surface area contributed by atoms with E-state index in [9.17, 15) is 14.7 Å². The molecule has 8 heteroatoms. The molecule has 1 amide bonds. The van der Waals surface area contributed by atoms with E-state index < -0.39 is 0 Å². The van der Waals surface area contributed by atoms with Gasteiger partial charge >= 0.3 is 0 Å². The van der Waals surface area contributed by atoms with Crippen molar-refractivity contribution >= 4 is 22.5 Å². The molecule has 0 spiro atoms. The maximum Gasteiger partial charge on any atom is 0.274 e. The third-order valence-corrected chi connectivity index (χ3v) is 6.84. The summed E-state index contributed by atoms with van der Waals surface area (Å²) < 4.78 is 9.66. The Labute approximate surface area is 198 Å². The number of carbonyl (C=O) groups is 1. The molecule has 2 aromatic heterocycles. The molecule has 5 rings (SSSR count). The summed E-state index contributed by atoms with van der Waals surface area (Å²) in [5.74, 6) is 0.456. The third kappa shape index (κ3) is 4.59. The number of aliphatic hydroxyl groups excluding tert-OH is 1. The van der Waals surface area contributed by atoms with Crippen molar-refractivity contribution in [3.63, 3.8) is 0 Å². The van der Waals surface area contributed by atoms with E-state index in [1.54, 1.807) is 29.0 Å². The molecule has 2 saturated carbocycles. The summed E-state index contributed by atoms with van der Waals surface area (Å²) in [7, 11) is 0. The zero-order chi connectivity index (χ0) is 23.8. The highest BCUT2D eigenvalue weighted by atomic mass is 16.5. The van der Waals surface area contributed by atoms with Crippen LogP contribution in [0.3, 0.4) is 0 Å². The number of nitrogens with zero attached hydrogens (tertiary/aromatic N) is 3. The summed E-state index contributed by atoms with van der Waals surface area (Å²) in [6.07, 6.45) is 9.55. The number of nitrogens with one attached hydrogen (secondary N) is 1. The molecule has 2 heterocycles. The number of hydrogen-bond donors (Lipinski definition) is 2. The number of aliphatic hydroxyl groups is 1. The van der Waals surface area contributed by atoms with E-state index in [0.29, 0.717) is 17.2 Å². The van der Waals surface area contributed by atoms with E-state index in [1.165, 1.54) is 0 Å². The maximum atomic E-state index is 13.3. The molecular weight excluding hydrogens is 432 g/mol. The number of ether oxygens (including phenoxy) is 1. The second-order valence-electron chi connectivity index (χ2n) is 9.86. The summed E-state index contributed by atoms with van der Waals surface area (Å²) in [5, 5.41) is 17.9. The Hall–Kier alpha value is -3.13. The summed E-state index contributed by atoms with van der Waals surface area (Å²) in [6.45, 7) is 4.07. The van der Waals surface area contributed by atoms with Gasteiger partial charge in [-0.3, -0.25) is 14.3 Å². The molecule has 0 saturated heterocycles. The van der Waals surface area contributed by atoms with Crippen LogP contribution in [0.15, 0.2) is 41.5 Å². The maximum absolute atomic E-state index is 13.3. The van der Waals surface area contributed by atoms with E-state index >= 15 is 0 Å². The number of hydrogen-bond acceptors (Lipinski definition) is 5. The van der Waals surface area contributed by atoms with Crippen molar-refractivity contribution in [2.45, 2.75) is 70.6 Å². The molecule has 180 valence electrons. The van der Waals surface area contributed by atoms with Crippen LogP contribution < -0.4 is 15.6 Å². The summed E-state index contributed by atoms with van der Waals surface area (Å²) in [6, 6.07) is 7.56. The topological polar surface area (TPSA) is 98.4 Å². The Balaban J connectivity index is 1.45. The van der Waals surface area contributed by atoms with Crippen molar-refractivity contribution in [3.05, 3.63) is 52.6 Å². The Morgan fingerprint density at radius 1 is 1.18 bits per heavy atom. The Kier molecular flexibility index (Phi) is 6.16. The van der Waals surface area contributed by atoms with Crippen molar-refractivity contribution in [1.82, 2.24) is 14.3 Å². The standard InChI is InChI=1S/C26H32N4O4/c1-16(2)34-24-13-23-18(14-30(28-23)20-7-5-17(15-31)6-8-20)12-21(24)25(32)27-22-4-3-11-29(26(22)33)19-9-10-19/h3-4,11-14,16-17,19-20,31H,5-10,15H2,1-2H3,(H,27,32). The van der Waals surface area contributed by atoms with Crippen molar-refractivity contribution in [2.24, 2.45) is 5.92 Å². The fraction of sp³-hybridized carbons (Fsp3) is 0.500. The molecule has 0 unspecified atom stereocenters. The highest BCUT2D eigenvalue weighted by Gasteiger charge is 2.26. The Morgan fingerprint density at radius 3 is 2.59 bits per heavy atom. The van der Waals surface area contributed by atoms with Crippen LogP contribution in [0.4, 0.5) is 5.69 Å². The summed E-state index contributed by atoms with van der Waals surface area (Å²) in [5.41, 5.74) is 1.24. The molecule has 1 aromatic carbocycles. The van der Waals surface area contributed by atoms with Crippen LogP contribution in [0, 0.1) is 5.92 Å². The molecule has 0 bridgehead atoms. The van der Waals surface area contributed by atoms with Crippen molar-refractivity contribution in [1.29, 1.82) is 0 Å². The molecule has 34 heavy (non-hydrogen) atoms. The molecule has 2 N–H and O–H groups in total. The number of rotatable bonds is 7. The van der Waals surface area contributed by atoms with E-state index in [1.807, 2.05) is 30.8 Å². The predicted octanol–water partition coefficient (Wildman–Crippen LogP) is 4.30. The van der Waals surface area contributed by atoms with Crippen LogP contribution in [0.2, 0.25) is 0 Å².